The van der Waals surface area contributed by atoms with Gasteiger partial charge in [-0.1, -0.05) is 38.6 Å². The normalized spacial score (nSPS) is 16.5. The van der Waals surface area contributed by atoms with Gasteiger partial charge in [0.2, 0.25) is 21.8 Å². The zero-order valence-corrected chi connectivity index (χ0v) is 20.7. The monoisotopic (exact) mass is 481 g/mol. The molecule has 9 nitrogen and oxygen atoms in total. The Hall–Kier alpha value is -1.95. The third-order valence-electron chi connectivity index (χ3n) is 5.59. The number of sulfonamides is 1. The van der Waals surface area contributed by atoms with E-state index in [9.17, 15) is 13.2 Å². The van der Waals surface area contributed by atoms with E-state index in [4.69, 9.17) is 4.42 Å². The van der Waals surface area contributed by atoms with E-state index in [1.54, 1.807) is 32.0 Å². The van der Waals surface area contributed by atoms with Gasteiger partial charge in [0.05, 0.1) is 10.1 Å². The van der Waals surface area contributed by atoms with Gasteiger partial charge >= 0.3 is 0 Å². The van der Waals surface area contributed by atoms with Crippen LogP contribution in [-0.4, -0.2) is 89.7 Å². The number of carbonyl (C=O) groups is 1. The summed E-state index contributed by atoms with van der Waals surface area (Å²) >= 11 is 1.22. The van der Waals surface area contributed by atoms with Crippen molar-refractivity contribution in [3.05, 3.63) is 24.3 Å². The first-order valence-corrected chi connectivity index (χ1v) is 13.2. The van der Waals surface area contributed by atoms with E-state index >= 15 is 0 Å². The maximum Gasteiger partial charge on any atom is 0.277 e. The quantitative estimate of drug-likeness (QED) is 0.504. The first-order chi connectivity index (χ1) is 15.3. The minimum absolute atomic E-state index is 0.0535. The highest BCUT2D eigenvalue weighted by Gasteiger charge is 2.27. The van der Waals surface area contributed by atoms with Gasteiger partial charge in [-0.15, -0.1) is 10.2 Å². The van der Waals surface area contributed by atoms with E-state index in [1.807, 2.05) is 11.8 Å². The predicted octanol–water partition coefficient (Wildman–Crippen LogP) is 2.41. The van der Waals surface area contributed by atoms with E-state index in [0.717, 1.165) is 32.7 Å². The van der Waals surface area contributed by atoms with Gasteiger partial charge in [0, 0.05) is 44.8 Å². The van der Waals surface area contributed by atoms with E-state index in [1.165, 1.54) is 22.1 Å². The molecule has 0 aliphatic carbocycles. The lowest BCUT2D eigenvalue weighted by Gasteiger charge is -2.35. The Kier molecular flexibility index (Phi) is 8.32. The molecule has 32 heavy (non-hydrogen) atoms. The SMILES string of the molecule is CCN1CCN(C(=O)C(C)Sc2nnc(-c3cccc(S(=O)(=O)N(CC)CC)c3)o2)CC1. The second-order valence-corrected chi connectivity index (χ2v) is 10.7. The van der Waals surface area contributed by atoms with Crippen molar-refractivity contribution in [2.24, 2.45) is 0 Å². The summed E-state index contributed by atoms with van der Waals surface area (Å²) in [6, 6.07) is 6.48. The number of piperazine rings is 1. The summed E-state index contributed by atoms with van der Waals surface area (Å²) in [5, 5.41) is 8.04. The van der Waals surface area contributed by atoms with Crippen LogP contribution in [0.5, 0.6) is 0 Å². The van der Waals surface area contributed by atoms with Crippen LogP contribution in [0, 0.1) is 0 Å². The number of likely N-dealkylation sites (N-methyl/N-ethyl adjacent to an activating group) is 1. The molecule has 1 aliphatic rings. The van der Waals surface area contributed by atoms with Gasteiger partial charge in [-0.2, -0.15) is 4.31 Å². The lowest BCUT2D eigenvalue weighted by molar-refractivity contribution is -0.132. The van der Waals surface area contributed by atoms with E-state index in [0.29, 0.717) is 18.7 Å². The van der Waals surface area contributed by atoms with Gasteiger partial charge in [0.1, 0.15) is 0 Å². The van der Waals surface area contributed by atoms with Crippen LogP contribution in [0.25, 0.3) is 11.5 Å². The number of hydrogen-bond acceptors (Lipinski definition) is 8. The number of nitrogens with zero attached hydrogens (tertiary/aromatic N) is 5. The summed E-state index contributed by atoms with van der Waals surface area (Å²) < 4.78 is 32.8. The molecule has 0 bridgehead atoms. The summed E-state index contributed by atoms with van der Waals surface area (Å²) in [7, 11) is -3.59. The average Bonchev–Trinajstić information content (AvgIpc) is 3.28. The van der Waals surface area contributed by atoms with Crippen LogP contribution in [0.2, 0.25) is 0 Å². The Morgan fingerprint density at radius 3 is 2.47 bits per heavy atom. The molecule has 0 radical (unpaired) electrons. The van der Waals surface area contributed by atoms with Gasteiger partial charge in [0.15, 0.2) is 0 Å². The second-order valence-electron chi connectivity index (χ2n) is 7.51. The van der Waals surface area contributed by atoms with Crippen molar-refractivity contribution >= 4 is 27.7 Å². The fourth-order valence-electron chi connectivity index (χ4n) is 3.62. The maximum atomic E-state index is 12.8. The standard InChI is InChI=1S/C21H31N5O4S2/c1-5-24-11-13-25(14-12-24)20(27)16(4)31-21-23-22-19(30-21)17-9-8-10-18(15-17)32(28,29)26(6-2)7-3/h8-10,15-16H,5-7,11-14H2,1-4H3. The predicted molar refractivity (Wildman–Crippen MR) is 124 cm³/mol. The van der Waals surface area contributed by atoms with Gasteiger partial charge in [-0.3, -0.25) is 4.79 Å². The molecule has 1 aromatic heterocycles. The summed E-state index contributed by atoms with van der Waals surface area (Å²) in [6.45, 7) is 12.6. The molecule has 1 aliphatic heterocycles. The molecule has 0 saturated carbocycles. The first kappa shape index (κ1) is 24.7. The lowest BCUT2D eigenvalue weighted by atomic mass is 10.2. The van der Waals surface area contributed by atoms with Gasteiger partial charge in [0.25, 0.3) is 5.22 Å². The largest absolute Gasteiger partial charge is 0.411 e. The number of thioether (sulfide) groups is 1. The summed E-state index contributed by atoms with van der Waals surface area (Å²) in [6.07, 6.45) is 0. The summed E-state index contributed by atoms with van der Waals surface area (Å²) in [4.78, 5) is 17.2. The van der Waals surface area contributed by atoms with Gasteiger partial charge in [-0.05, 0) is 31.7 Å². The number of carbonyl (C=O) groups excluding carboxylic acids is 1. The van der Waals surface area contributed by atoms with E-state index in [-0.39, 0.29) is 27.2 Å². The minimum atomic E-state index is -3.59. The number of rotatable bonds is 9. The van der Waals surface area contributed by atoms with Crippen molar-refractivity contribution < 1.29 is 17.6 Å². The molecule has 0 spiro atoms. The fourth-order valence-corrected chi connectivity index (χ4v) is 5.89. The smallest absolute Gasteiger partial charge is 0.277 e. The molecular weight excluding hydrogens is 450 g/mol. The molecule has 176 valence electrons. The van der Waals surface area contributed by atoms with Crippen molar-refractivity contribution in [2.45, 2.75) is 43.1 Å². The van der Waals surface area contributed by atoms with Crippen molar-refractivity contribution in [1.29, 1.82) is 0 Å². The molecule has 2 heterocycles. The Morgan fingerprint density at radius 1 is 1.16 bits per heavy atom. The van der Waals surface area contributed by atoms with E-state index < -0.39 is 10.0 Å². The molecule has 1 unspecified atom stereocenters. The molecule has 11 heteroatoms. The minimum Gasteiger partial charge on any atom is -0.411 e. The highest BCUT2D eigenvalue weighted by molar-refractivity contribution is 8.00. The number of amides is 1. The Labute approximate surface area is 194 Å². The zero-order valence-electron chi connectivity index (χ0n) is 19.0. The summed E-state index contributed by atoms with van der Waals surface area (Å²) in [5.41, 5.74) is 0.521. The van der Waals surface area contributed by atoms with Gasteiger partial charge in [-0.25, -0.2) is 8.42 Å². The molecule has 1 atom stereocenters. The number of benzene rings is 1. The van der Waals surface area contributed by atoms with Crippen molar-refractivity contribution in [3.63, 3.8) is 0 Å². The van der Waals surface area contributed by atoms with Crippen LogP contribution in [0.1, 0.15) is 27.7 Å². The molecule has 1 amide bonds. The van der Waals surface area contributed by atoms with Crippen molar-refractivity contribution in [1.82, 2.24) is 24.3 Å². The third kappa shape index (κ3) is 5.51. The highest BCUT2D eigenvalue weighted by atomic mass is 32.2. The Morgan fingerprint density at radius 2 is 1.84 bits per heavy atom. The zero-order chi connectivity index (χ0) is 23.3. The highest BCUT2D eigenvalue weighted by Crippen LogP contribution is 2.28. The van der Waals surface area contributed by atoms with Crippen molar-refractivity contribution in [3.8, 4) is 11.5 Å². The third-order valence-corrected chi connectivity index (χ3v) is 8.55. The molecule has 1 saturated heterocycles. The molecule has 3 rings (SSSR count). The van der Waals surface area contributed by atoms with Crippen molar-refractivity contribution in [2.75, 3.05) is 45.8 Å². The fraction of sp³-hybridized carbons (Fsp3) is 0.571. The first-order valence-electron chi connectivity index (χ1n) is 10.9. The number of aromatic nitrogens is 2. The van der Waals surface area contributed by atoms with Crippen LogP contribution in [0.4, 0.5) is 0 Å². The second kappa shape index (κ2) is 10.8. The van der Waals surface area contributed by atoms with Crippen LogP contribution in [0.3, 0.4) is 0 Å². The van der Waals surface area contributed by atoms with Crippen LogP contribution in [0.15, 0.2) is 38.8 Å². The topological polar surface area (TPSA) is 99.8 Å². The molecule has 1 aromatic carbocycles. The van der Waals surface area contributed by atoms with Gasteiger partial charge < -0.3 is 14.2 Å². The molecular formula is C21H31N5O4S2. The molecule has 2 aromatic rings. The number of hydrogen-bond donors (Lipinski definition) is 0. The Bertz CT molecular complexity index is 1010. The summed E-state index contributed by atoms with van der Waals surface area (Å²) in [5.74, 6) is 0.276. The van der Waals surface area contributed by atoms with Crippen LogP contribution in [-0.2, 0) is 14.8 Å². The van der Waals surface area contributed by atoms with Crippen LogP contribution < -0.4 is 0 Å². The average molecular weight is 482 g/mol. The maximum absolute atomic E-state index is 12.8. The van der Waals surface area contributed by atoms with Crippen LogP contribution >= 0.6 is 11.8 Å². The Balaban J connectivity index is 1.69. The van der Waals surface area contributed by atoms with E-state index in [2.05, 4.69) is 22.0 Å². The molecule has 0 N–H and O–H groups in total. The molecule has 1 fully saturated rings. The lowest BCUT2D eigenvalue weighted by Crippen LogP contribution is -2.50.